The van der Waals surface area contributed by atoms with E-state index in [0.29, 0.717) is 10.3 Å². The third kappa shape index (κ3) is 10.4. The van der Waals surface area contributed by atoms with Crippen molar-refractivity contribution in [3.63, 3.8) is 0 Å². The molecule has 0 nitrogen and oxygen atoms in total. The number of rotatable bonds is 1. The van der Waals surface area contributed by atoms with Gasteiger partial charge < -0.3 is 0 Å². The van der Waals surface area contributed by atoms with Crippen LogP contribution in [0.2, 0.25) is 0 Å². The average Bonchev–Trinajstić information content (AvgIpc) is 2.37. The molecule has 2 aromatic rings. The monoisotopic (exact) mass is 496 g/mol. The van der Waals surface area contributed by atoms with Crippen molar-refractivity contribution in [1.82, 2.24) is 0 Å². The molecule has 0 aliphatic rings. The molecule has 0 unspecified atom stereocenters. The molecule has 22 heavy (non-hydrogen) atoms. The van der Waals surface area contributed by atoms with Crippen LogP contribution in [-0.2, 0) is 22.4 Å². The quantitative estimate of drug-likeness (QED) is 0.243. The van der Waals surface area contributed by atoms with Gasteiger partial charge in [-0.25, -0.2) is 0 Å². The summed E-state index contributed by atoms with van der Waals surface area (Å²) in [6, 6.07) is 21.5. The third-order valence-corrected chi connectivity index (χ3v) is 4.04. The zero-order valence-corrected chi connectivity index (χ0v) is 17.7. The van der Waals surface area contributed by atoms with E-state index in [2.05, 4.69) is 65.8 Å². The van der Waals surface area contributed by atoms with E-state index in [1.165, 1.54) is 5.56 Å². The maximum absolute atomic E-state index is 3.18. The average molecular weight is 496 g/mol. The molecule has 2 rings (SSSR count). The van der Waals surface area contributed by atoms with Crippen molar-refractivity contribution in [3.05, 3.63) is 60.7 Å². The van der Waals surface area contributed by atoms with Crippen LogP contribution in [0.25, 0.3) is 11.1 Å². The minimum absolute atomic E-state index is 0. The molecule has 2 heteroatoms. The van der Waals surface area contributed by atoms with Gasteiger partial charge in [-0.1, -0.05) is 77.4 Å². The van der Waals surface area contributed by atoms with Crippen LogP contribution in [-0.4, -0.2) is 10.3 Å². The maximum Gasteiger partial charge on any atom is 1.00 e. The van der Waals surface area contributed by atoms with E-state index >= 15 is 0 Å². The zero-order valence-electron chi connectivity index (χ0n) is 14.5. The van der Waals surface area contributed by atoms with Crippen LogP contribution in [0, 0.1) is 6.07 Å². The molecule has 0 radical (unpaired) electrons. The van der Waals surface area contributed by atoms with Crippen molar-refractivity contribution < 1.29 is 22.4 Å². The molecule has 2 aromatic carbocycles. The molecule has 0 amide bonds. The van der Waals surface area contributed by atoms with Gasteiger partial charge in [0.2, 0.25) is 0 Å². The Kier molecular flexibility index (Phi) is 9.51. The maximum atomic E-state index is 3.18. The SMILES string of the molecule is CC(C)(C)PC(C)(C)C.[Au+].[c-]1ccccc1-c1ccccc1. The van der Waals surface area contributed by atoms with E-state index in [1.54, 1.807) is 0 Å². The van der Waals surface area contributed by atoms with E-state index in [0.717, 1.165) is 14.1 Å². The van der Waals surface area contributed by atoms with Gasteiger partial charge in [-0.05, 0) is 10.3 Å². The first-order valence-corrected chi connectivity index (χ1v) is 8.49. The number of hydrogen-bond acceptors (Lipinski definition) is 0. The largest absolute Gasteiger partial charge is 1.00 e. The third-order valence-electron chi connectivity index (χ3n) is 2.54. The Labute approximate surface area is 154 Å². The molecule has 0 atom stereocenters. The summed E-state index contributed by atoms with van der Waals surface area (Å²) in [6.45, 7) is 13.8. The molecule has 0 N–H and O–H groups in total. The molecular weight excluding hydrogens is 468 g/mol. The van der Waals surface area contributed by atoms with E-state index in [-0.39, 0.29) is 22.4 Å². The summed E-state index contributed by atoms with van der Waals surface area (Å²) in [5.41, 5.74) is 2.37. The smallest absolute Gasteiger partial charge is 0.147 e. The van der Waals surface area contributed by atoms with Crippen LogP contribution in [0.5, 0.6) is 0 Å². The summed E-state index contributed by atoms with van der Waals surface area (Å²) in [4.78, 5) is 0. The van der Waals surface area contributed by atoms with Crippen LogP contribution in [0.1, 0.15) is 41.5 Å². The van der Waals surface area contributed by atoms with Gasteiger partial charge in [0.05, 0.1) is 0 Å². The predicted molar refractivity (Wildman–Crippen MR) is 98.5 cm³/mol. The molecule has 0 saturated carbocycles. The molecular formula is C20H28AuP. The minimum atomic E-state index is 0. The molecule has 0 aromatic heterocycles. The molecule has 0 fully saturated rings. The van der Waals surface area contributed by atoms with Gasteiger partial charge in [0.25, 0.3) is 0 Å². The first-order chi connectivity index (χ1) is 9.67. The predicted octanol–water partition coefficient (Wildman–Crippen LogP) is 6.41. The summed E-state index contributed by atoms with van der Waals surface area (Å²) in [5.74, 6) is 0. The van der Waals surface area contributed by atoms with E-state index in [9.17, 15) is 0 Å². The van der Waals surface area contributed by atoms with Crippen LogP contribution >= 0.6 is 8.58 Å². The Bertz CT molecular complexity index is 457. The van der Waals surface area contributed by atoms with Crippen molar-refractivity contribution in [2.45, 2.75) is 51.9 Å². The molecule has 0 saturated heterocycles. The Hall–Kier alpha value is -0.390. The first kappa shape index (κ1) is 21.6. The Morgan fingerprint density at radius 2 is 1.23 bits per heavy atom. The number of benzene rings is 2. The van der Waals surface area contributed by atoms with Gasteiger partial charge in [-0.15, -0.1) is 44.5 Å². The van der Waals surface area contributed by atoms with Crippen LogP contribution in [0.4, 0.5) is 0 Å². The fourth-order valence-corrected chi connectivity index (χ4v) is 4.57. The van der Waals surface area contributed by atoms with Crippen molar-refractivity contribution in [3.8, 4) is 11.1 Å². The summed E-state index contributed by atoms with van der Waals surface area (Å²) in [5, 5.41) is 1.02. The fourth-order valence-electron chi connectivity index (χ4n) is 2.32. The van der Waals surface area contributed by atoms with E-state index in [4.69, 9.17) is 0 Å². The normalized spacial score (nSPS) is 11.0. The number of hydrogen-bond donors (Lipinski definition) is 0. The summed E-state index contributed by atoms with van der Waals surface area (Å²) in [7, 11) is 1.05. The molecule has 0 aliphatic heterocycles. The minimum Gasteiger partial charge on any atom is -0.147 e. The van der Waals surface area contributed by atoms with Gasteiger partial charge >= 0.3 is 22.4 Å². The summed E-state index contributed by atoms with van der Waals surface area (Å²) >= 11 is 0. The van der Waals surface area contributed by atoms with Crippen LogP contribution in [0.3, 0.4) is 0 Å². The van der Waals surface area contributed by atoms with Crippen LogP contribution in [0.15, 0.2) is 54.6 Å². The van der Waals surface area contributed by atoms with Gasteiger partial charge in [-0.2, -0.15) is 0 Å². The van der Waals surface area contributed by atoms with Gasteiger partial charge in [0, 0.05) is 0 Å². The van der Waals surface area contributed by atoms with Crippen molar-refractivity contribution >= 4 is 8.58 Å². The van der Waals surface area contributed by atoms with E-state index < -0.39 is 0 Å². The van der Waals surface area contributed by atoms with Crippen LogP contribution < -0.4 is 0 Å². The second kappa shape index (κ2) is 9.68. The second-order valence-electron chi connectivity index (χ2n) is 7.27. The first-order valence-electron chi connectivity index (χ1n) is 7.49. The van der Waals surface area contributed by atoms with Crippen molar-refractivity contribution in [1.29, 1.82) is 0 Å². The standard InChI is InChI=1S/C12H9.C8H19P.Au/c1-3-7-11(8-4-1)12-9-5-2-6-10-12;1-7(2,3)9-8(4,5)6;/h1-9H;9H,1-6H3;/q-1;;+1. The Morgan fingerprint density at radius 3 is 1.59 bits per heavy atom. The second-order valence-corrected chi connectivity index (χ2v) is 10.5. The van der Waals surface area contributed by atoms with Gasteiger partial charge in [-0.3, -0.25) is 0 Å². The molecule has 0 bridgehead atoms. The molecule has 0 aliphatic carbocycles. The Morgan fingerprint density at radius 1 is 0.727 bits per heavy atom. The fraction of sp³-hybridized carbons (Fsp3) is 0.400. The summed E-state index contributed by atoms with van der Waals surface area (Å²) in [6.07, 6.45) is 0. The topological polar surface area (TPSA) is 0 Å². The molecule has 0 spiro atoms. The molecule has 0 heterocycles. The Balaban J connectivity index is 0.000000402. The summed E-state index contributed by atoms with van der Waals surface area (Å²) < 4.78 is 0. The van der Waals surface area contributed by atoms with Gasteiger partial charge in [0.15, 0.2) is 0 Å². The zero-order chi connectivity index (χ0) is 15.9. The van der Waals surface area contributed by atoms with Crippen molar-refractivity contribution in [2.75, 3.05) is 0 Å². The van der Waals surface area contributed by atoms with Gasteiger partial charge in [0.1, 0.15) is 0 Å². The van der Waals surface area contributed by atoms with Crippen molar-refractivity contribution in [2.24, 2.45) is 0 Å². The molecule has 124 valence electrons. The van der Waals surface area contributed by atoms with E-state index in [1.807, 2.05) is 36.4 Å².